The van der Waals surface area contributed by atoms with Gasteiger partial charge in [0, 0.05) is 11.4 Å². The second-order valence-electron chi connectivity index (χ2n) is 5.16. The third-order valence-electron chi connectivity index (χ3n) is 3.68. The lowest BCUT2D eigenvalue weighted by Crippen LogP contribution is -2.36. The molecule has 1 saturated carbocycles. The second kappa shape index (κ2) is 5.34. The van der Waals surface area contributed by atoms with Gasteiger partial charge in [0.15, 0.2) is 0 Å². The van der Waals surface area contributed by atoms with E-state index in [9.17, 15) is 4.79 Å². The first-order chi connectivity index (χ1) is 8.15. The van der Waals surface area contributed by atoms with E-state index in [0.29, 0.717) is 0 Å². The van der Waals surface area contributed by atoms with Crippen molar-refractivity contribution < 1.29 is 0 Å². The molecule has 0 atom stereocenters. The number of aromatic nitrogens is 2. The van der Waals surface area contributed by atoms with Gasteiger partial charge in [-0.05, 0) is 31.2 Å². The van der Waals surface area contributed by atoms with Gasteiger partial charge in [-0.3, -0.25) is 4.79 Å². The van der Waals surface area contributed by atoms with Gasteiger partial charge in [-0.1, -0.05) is 35.2 Å². The van der Waals surface area contributed by atoms with Crippen molar-refractivity contribution in [3.63, 3.8) is 0 Å². The molecule has 1 aromatic rings. The largest absolute Gasteiger partial charge is 0.268 e. The van der Waals surface area contributed by atoms with Crippen LogP contribution in [0.2, 0.25) is 0 Å². The van der Waals surface area contributed by atoms with Gasteiger partial charge in [0.2, 0.25) is 0 Å². The lowest BCUT2D eigenvalue weighted by molar-refractivity contribution is 0.180. The number of aryl methyl sites for hydroxylation is 1. The Morgan fingerprint density at radius 2 is 2.06 bits per heavy atom. The highest BCUT2D eigenvalue weighted by atomic mass is 79.9. The molecule has 0 aliphatic heterocycles. The fraction of sp³-hybridized carbons (Fsp3) is 0.692. The number of nitrogens with zero attached hydrogens (tertiary/aromatic N) is 2. The van der Waals surface area contributed by atoms with E-state index in [4.69, 9.17) is 0 Å². The van der Waals surface area contributed by atoms with E-state index in [2.05, 4.69) is 21.0 Å². The quantitative estimate of drug-likeness (QED) is 0.804. The molecular formula is C13H19BrN2O. The van der Waals surface area contributed by atoms with Crippen LogP contribution in [0.4, 0.5) is 0 Å². The average molecular weight is 299 g/mol. The predicted molar refractivity (Wildman–Crippen MR) is 72.5 cm³/mol. The second-order valence-corrected chi connectivity index (χ2v) is 5.73. The molecule has 0 N–H and O–H groups in total. The summed E-state index contributed by atoms with van der Waals surface area (Å²) < 4.78 is 1.64. The molecular weight excluding hydrogens is 280 g/mol. The number of halogens is 1. The van der Waals surface area contributed by atoms with Crippen LogP contribution in [-0.4, -0.2) is 15.1 Å². The summed E-state index contributed by atoms with van der Waals surface area (Å²) in [6.07, 6.45) is 6.25. The normalized spacial score (nSPS) is 19.2. The molecule has 0 spiro atoms. The summed E-state index contributed by atoms with van der Waals surface area (Å²) in [5, 5.41) is 5.30. The Hall–Kier alpha value is -0.640. The summed E-state index contributed by atoms with van der Waals surface area (Å²) in [4.78, 5) is 11.8. The SMILES string of the molecule is Cc1ccc(=O)n(CC2(CBr)CCCCC2)n1. The van der Waals surface area contributed by atoms with E-state index < -0.39 is 0 Å². The maximum Gasteiger partial charge on any atom is 0.266 e. The van der Waals surface area contributed by atoms with Crippen molar-refractivity contribution in [3.8, 4) is 0 Å². The van der Waals surface area contributed by atoms with E-state index in [0.717, 1.165) is 17.6 Å². The lowest BCUT2D eigenvalue weighted by atomic mass is 9.75. The van der Waals surface area contributed by atoms with Crippen molar-refractivity contribution >= 4 is 15.9 Å². The van der Waals surface area contributed by atoms with Crippen LogP contribution in [0.15, 0.2) is 16.9 Å². The highest BCUT2D eigenvalue weighted by Gasteiger charge is 2.32. The van der Waals surface area contributed by atoms with E-state index >= 15 is 0 Å². The predicted octanol–water partition coefficient (Wildman–Crippen LogP) is 2.90. The average Bonchev–Trinajstić information content (AvgIpc) is 2.35. The highest BCUT2D eigenvalue weighted by molar-refractivity contribution is 9.09. The zero-order valence-corrected chi connectivity index (χ0v) is 11.9. The molecule has 1 heterocycles. The first-order valence-corrected chi connectivity index (χ1v) is 7.38. The van der Waals surface area contributed by atoms with Crippen LogP contribution in [0.5, 0.6) is 0 Å². The molecule has 0 bridgehead atoms. The first-order valence-electron chi connectivity index (χ1n) is 6.26. The third-order valence-corrected chi connectivity index (χ3v) is 4.87. The maximum atomic E-state index is 11.8. The van der Waals surface area contributed by atoms with E-state index in [-0.39, 0.29) is 11.0 Å². The monoisotopic (exact) mass is 298 g/mol. The zero-order valence-electron chi connectivity index (χ0n) is 10.3. The number of rotatable bonds is 3. The lowest BCUT2D eigenvalue weighted by Gasteiger charge is -2.35. The number of alkyl halides is 1. The Bertz CT molecular complexity index is 435. The minimum absolute atomic E-state index is 0.0153. The summed E-state index contributed by atoms with van der Waals surface area (Å²) in [5.74, 6) is 0. The Kier molecular flexibility index (Phi) is 4.02. The third kappa shape index (κ3) is 2.97. The molecule has 17 heavy (non-hydrogen) atoms. The summed E-state index contributed by atoms with van der Waals surface area (Å²) in [7, 11) is 0. The summed E-state index contributed by atoms with van der Waals surface area (Å²) in [6.45, 7) is 2.68. The molecule has 0 saturated heterocycles. The van der Waals surface area contributed by atoms with Crippen LogP contribution in [0.1, 0.15) is 37.8 Å². The van der Waals surface area contributed by atoms with Crippen molar-refractivity contribution in [2.45, 2.75) is 45.6 Å². The van der Waals surface area contributed by atoms with Crippen LogP contribution < -0.4 is 5.56 Å². The standard InChI is InChI=1S/C13H19BrN2O/c1-11-5-6-12(17)16(15-11)10-13(9-14)7-3-2-4-8-13/h5-6H,2-4,7-10H2,1H3. The molecule has 3 nitrogen and oxygen atoms in total. The fourth-order valence-electron chi connectivity index (χ4n) is 2.62. The van der Waals surface area contributed by atoms with Gasteiger partial charge < -0.3 is 0 Å². The first kappa shape index (κ1) is 12.8. The smallest absolute Gasteiger partial charge is 0.266 e. The summed E-state index contributed by atoms with van der Waals surface area (Å²) in [6, 6.07) is 3.40. The molecule has 1 aliphatic rings. The minimum Gasteiger partial charge on any atom is -0.268 e. The van der Waals surface area contributed by atoms with Crippen LogP contribution in [0.25, 0.3) is 0 Å². The van der Waals surface area contributed by atoms with Crippen molar-refractivity contribution in [1.29, 1.82) is 0 Å². The summed E-state index contributed by atoms with van der Waals surface area (Å²) >= 11 is 3.63. The summed E-state index contributed by atoms with van der Waals surface area (Å²) in [5.41, 5.74) is 1.15. The topological polar surface area (TPSA) is 34.9 Å². The van der Waals surface area contributed by atoms with Crippen molar-refractivity contribution in [2.24, 2.45) is 5.41 Å². The minimum atomic E-state index is 0.0153. The molecule has 0 unspecified atom stereocenters. The molecule has 1 aliphatic carbocycles. The molecule has 0 radical (unpaired) electrons. The van der Waals surface area contributed by atoms with Gasteiger partial charge in [-0.15, -0.1) is 0 Å². The molecule has 2 rings (SSSR count). The van der Waals surface area contributed by atoms with Gasteiger partial charge in [0.1, 0.15) is 0 Å². The molecule has 4 heteroatoms. The number of hydrogen-bond donors (Lipinski definition) is 0. The van der Waals surface area contributed by atoms with E-state index in [1.807, 2.05) is 6.92 Å². The molecule has 1 fully saturated rings. The van der Waals surface area contributed by atoms with Crippen LogP contribution >= 0.6 is 15.9 Å². The van der Waals surface area contributed by atoms with Gasteiger partial charge in [0.05, 0.1) is 12.2 Å². The van der Waals surface area contributed by atoms with Crippen molar-refractivity contribution in [1.82, 2.24) is 9.78 Å². The van der Waals surface area contributed by atoms with E-state index in [1.54, 1.807) is 16.8 Å². The van der Waals surface area contributed by atoms with Crippen molar-refractivity contribution in [2.75, 3.05) is 5.33 Å². The Morgan fingerprint density at radius 1 is 1.35 bits per heavy atom. The van der Waals surface area contributed by atoms with E-state index in [1.165, 1.54) is 32.1 Å². The Balaban J connectivity index is 2.23. The van der Waals surface area contributed by atoms with Crippen LogP contribution in [-0.2, 0) is 6.54 Å². The molecule has 1 aromatic heterocycles. The molecule has 0 amide bonds. The fourth-order valence-corrected chi connectivity index (χ4v) is 3.36. The maximum absolute atomic E-state index is 11.8. The zero-order chi connectivity index (χ0) is 12.3. The molecule has 0 aromatic carbocycles. The van der Waals surface area contributed by atoms with Gasteiger partial charge in [-0.2, -0.15) is 5.10 Å². The highest BCUT2D eigenvalue weighted by Crippen LogP contribution is 2.38. The Labute approximate surface area is 110 Å². The number of hydrogen-bond acceptors (Lipinski definition) is 2. The van der Waals surface area contributed by atoms with Gasteiger partial charge >= 0.3 is 0 Å². The molecule has 94 valence electrons. The van der Waals surface area contributed by atoms with Crippen LogP contribution in [0, 0.1) is 12.3 Å². The van der Waals surface area contributed by atoms with Crippen molar-refractivity contribution in [3.05, 3.63) is 28.2 Å². The van der Waals surface area contributed by atoms with Crippen LogP contribution in [0.3, 0.4) is 0 Å². The Morgan fingerprint density at radius 3 is 2.71 bits per heavy atom. The van der Waals surface area contributed by atoms with Gasteiger partial charge in [-0.25, -0.2) is 4.68 Å². The van der Waals surface area contributed by atoms with Gasteiger partial charge in [0.25, 0.3) is 5.56 Å².